The van der Waals surface area contributed by atoms with Gasteiger partial charge in [0, 0.05) is 6.04 Å². The van der Waals surface area contributed by atoms with Gasteiger partial charge in [0.2, 0.25) is 0 Å². The van der Waals surface area contributed by atoms with Crippen LogP contribution in [-0.4, -0.2) is 25.2 Å². The van der Waals surface area contributed by atoms with E-state index < -0.39 is 0 Å². The van der Waals surface area contributed by atoms with Crippen molar-refractivity contribution in [3.05, 3.63) is 0 Å². The van der Waals surface area contributed by atoms with Crippen LogP contribution in [0.1, 0.15) is 12.8 Å². The Balaban J connectivity index is 2.19. The first kappa shape index (κ1) is 8.75. The molecule has 11 heavy (non-hydrogen) atoms. The van der Waals surface area contributed by atoms with E-state index in [9.17, 15) is 4.79 Å². The Morgan fingerprint density at radius 2 is 2.18 bits per heavy atom. The van der Waals surface area contributed by atoms with Crippen molar-refractivity contribution >= 4 is 15.6 Å². The van der Waals surface area contributed by atoms with Crippen molar-refractivity contribution in [2.45, 2.75) is 18.9 Å². The molecule has 0 bridgehead atoms. The zero-order valence-electron chi connectivity index (χ0n) is 6.30. The molecule has 0 aromatic rings. The third-order valence-electron chi connectivity index (χ3n) is 1.77. The van der Waals surface area contributed by atoms with E-state index in [-0.39, 0.29) is 12.1 Å². The summed E-state index contributed by atoms with van der Waals surface area (Å²) in [5, 5.41) is 5.96. The number of hydrogen-bond donors (Lipinski definition) is 2. The monoisotopic (exact) mass is 176 g/mol. The lowest BCUT2D eigenvalue weighted by molar-refractivity contribution is 0.200. The SMILES string of the molecule is O=C(NC1CCNCC1)OP. The quantitative estimate of drug-likeness (QED) is 0.563. The summed E-state index contributed by atoms with van der Waals surface area (Å²) in [4.78, 5) is 10.7. The van der Waals surface area contributed by atoms with Gasteiger partial charge in [-0.3, -0.25) is 0 Å². The van der Waals surface area contributed by atoms with E-state index in [4.69, 9.17) is 0 Å². The predicted octanol–water partition coefficient (Wildman–Crippen LogP) is 0.255. The van der Waals surface area contributed by atoms with Crippen LogP contribution < -0.4 is 10.6 Å². The standard InChI is InChI=1S/C6H13N2O2P/c9-6(10-11)8-5-1-3-7-4-2-5/h5,7H,1-4,11H2,(H,8,9). The second kappa shape index (κ2) is 4.52. The van der Waals surface area contributed by atoms with Crippen LogP contribution in [0.2, 0.25) is 0 Å². The Hall–Kier alpha value is -0.340. The molecule has 1 saturated heterocycles. The van der Waals surface area contributed by atoms with E-state index in [1.807, 2.05) is 9.47 Å². The summed E-state index contributed by atoms with van der Waals surface area (Å²) in [7, 11) is 1.93. The van der Waals surface area contributed by atoms with Gasteiger partial charge in [-0.25, -0.2) is 4.79 Å². The van der Waals surface area contributed by atoms with Crippen molar-refractivity contribution in [1.29, 1.82) is 0 Å². The lowest BCUT2D eigenvalue weighted by Gasteiger charge is -2.22. The molecule has 1 fully saturated rings. The molecule has 0 radical (unpaired) electrons. The third-order valence-corrected chi connectivity index (χ3v) is 1.98. The van der Waals surface area contributed by atoms with Gasteiger partial charge in [0.05, 0.1) is 9.47 Å². The Morgan fingerprint density at radius 1 is 1.55 bits per heavy atom. The molecule has 0 saturated carbocycles. The van der Waals surface area contributed by atoms with Crippen molar-refractivity contribution in [2.75, 3.05) is 13.1 Å². The van der Waals surface area contributed by atoms with Gasteiger partial charge in [0.1, 0.15) is 0 Å². The van der Waals surface area contributed by atoms with Crippen LogP contribution in [-0.2, 0) is 4.52 Å². The topological polar surface area (TPSA) is 50.4 Å². The molecule has 0 aliphatic carbocycles. The number of hydrogen-bond acceptors (Lipinski definition) is 3. The number of nitrogens with one attached hydrogen (secondary N) is 2. The molecular formula is C6H13N2O2P. The van der Waals surface area contributed by atoms with Gasteiger partial charge >= 0.3 is 6.09 Å². The zero-order chi connectivity index (χ0) is 8.10. The molecule has 1 unspecified atom stereocenters. The number of piperidine rings is 1. The minimum Gasteiger partial charge on any atom is -0.435 e. The average molecular weight is 176 g/mol. The second-order valence-electron chi connectivity index (χ2n) is 2.57. The number of carbonyl (C=O) groups is 1. The summed E-state index contributed by atoms with van der Waals surface area (Å²) in [5.74, 6) is 0. The molecule has 1 aliphatic heterocycles. The molecule has 1 heterocycles. The van der Waals surface area contributed by atoms with Gasteiger partial charge in [0.15, 0.2) is 0 Å². The molecule has 0 spiro atoms. The average Bonchev–Trinajstić information content (AvgIpc) is 2.06. The minimum absolute atomic E-state index is 0.282. The second-order valence-corrected chi connectivity index (χ2v) is 2.81. The van der Waals surface area contributed by atoms with Crippen molar-refractivity contribution in [2.24, 2.45) is 0 Å². The Kier molecular flexibility index (Phi) is 3.60. The predicted molar refractivity (Wildman–Crippen MR) is 45.2 cm³/mol. The first-order valence-corrected chi connectivity index (χ1v) is 4.18. The van der Waals surface area contributed by atoms with Crippen LogP contribution in [0.4, 0.5) is 4.79 Å². The molecule has 0 aromatic heterocycles. The molecule has 5 heteroatoms. The van der Waals surface area contributed by atoms with E-state index in [0.29, 0.717) is 0 Å². The summed E-state index contributed by atoms with van der Waals surface area (Å²) in [6.45, 7) is 1.95. The zero-order valence-corrected chi connectivity index (χ0v) is 7.45. The maximum Gasteiger partial charge on any atom is 0.409 e. The maximum absolute atomic E-state index is 10.7. The first-order valence-electron chi connectivity index (χ1n) is 3.71. The lowest BCUT2D eigenvalue weighted by Crippen LogP contribution is -2.42. The van der Waals surface area contributed by atoms with Gasteiger partial charge in [-0.2, -0.15) is 0 Å². The highest BCUT2D eigenvalue weighted by molar-refractivity contribution is 7.10. The first-order chi connectivity index (χ1) is 5.33. The molecule has 2 N–H and O–H groups in total. The van der Waals surface area contributed by atoms with Gasteiger partial charge in [-0.15, -0.1) is 0 Å². The van der Waals surface area contributed by atoms with Crippen molar-refractivity contribution in [3.8, 4) is 0 Å². The van der Waals surface area contributed by atoms with Crippen molar-refractivity contribution < 1.29 is 9.32 Å². The number of rotatable bonds is 1. The Labute approximate surface area is 68.3 Å². The third kappa shape index (κ3) is 3.04. The van der Waals surface area contributed by atoms with E-state index in [0.717, 1.165) is 25.9 Å². The normalized spacial score (nSPS) is 19.4. The highest BCUT2D eigenvalue weighted by atomic mass is 31.0. The van der Waals surface area contributed by atoms with Crippen LogP contribution in [0.25, 0.3) is 0 Å². The fraction of sp³-hybridized carbons (Fsp3) is 0.833. The maximum atomic E-state index is 10.7. The molecule has 0 aromatic carbocycles. The van der Waals surface area contributed by atoms with E-state index in [1.54, 1.807) is 0 Å². The molecule has 4 nitrogen and oxygen atoms in total. The fourth-order valence-electron chi connectivity index (χ4n) is 1.17. The van der Waals surface area contributed by atoms with Gasteiger partial charge in [-0.1, -0.05) is 0 Å². The summed E-state index contributed by atoms with van der Waals surface area (Å²) in [6, 6.07) is 0.282. The van der Waals surface area contributed by atoms with E-state index in [1.165, 1.54) is 0 Å². The minimum atomic E-state index is -0.359. The van der Waals surface area contributed by atoms with E-state index >= 15 is 0 Å². The van der Waals surface area contributed by atoms with Crippen molar-refractivity contribution in [1.82, 2.24) is 10.6 Å². The molecule has 64 valence electrons. The van der Waals surface area contributed by atoms with E-state index in [2.05, 4.69) is 15.2 Å². The fourth-order valence-corrected chi connectivity index (χ4v) is 1.23. The van der Waals surface area contributed by atoms with Crippen LogP contribution in [0.3, 0.4) is 0 Å². The highest BCUT2D eigenvalue weighted by Crippen LogP contribution is 2.02. The smallest absolute Gasteiger partial charge is 0.409 e. The van der Waals surface area contributed by atoms with Crippen LogP contribution >= 0.6 is 9.47 Å². The van der Waals surface area contributed by atoms with Gasteiger partial charge in [0.25, 0.3) is 0 Å². The van der Waals surface area contributed by atoms with Crippen LogP contribution in [0.15, 0.2) is 0 Å². The number of amides is 1. The Morgan fingerprint density at radius 3 is 2.73 bits per heavy atom. The summed E-state index contributed by atoms with van der Waals surface area (Å²) < 4.78 is 4.40. The summed E-state index contributed by atoms with van der Waals surface area (Å²) >= 11 is 0. The number of carbonyl (C=O) groups excluding carboxylic acids is 1. The molecular weight excluding hydrogens is 163 g/mol. The van der Waals surface area contributed by atoms with Gasteiger partial charge in [-0.05, 0) is 25.9 Å². The Bertz CT molecular complexity index is 137. The van der Waals surface area contributed by atoms with Gasteiger partial charge < -0.3 is 15.2 Å². The lowest BCUT2D eigenvalue weighted by atomic mass is 10.1. The summed E-state index contributed by atoms with van der Waals surface area (Å²) in [6.07, 6.45) is 1.61. The van der Waals surface area contributed by atoms with Crippen molar-refractivity contribution in [3.63, 3.8) is 0 Å². The molecule has 1 atom stereocenters. The highest BCUT2D eigenvalue weighted by Gasteiger charge is 2.14. The van der Waals surface area contributed by atoms with Crippen LogP contribution in [0, 0.1) is 0 Å². The molecule has 1 aliphatic rings. The van der Waals surface area contributed by atoms with Crippen LogP contribution in [0.5, 0.6) is 0 Å². The molecule has 1 amide bonds. The summed E-state index contributed by atoms with van der Waals surface area (Å²) in [5.41, 5.74) is 0. The largest absolute Gasteiger partial charge is 0.435 e. The molecule has 1 rings (SSSR count).